The van der Waals surface area contributed by atoms with Gasteiger partial charge in [-0.15, -0.1) is 0 Å². The Morgan fingerprint density at radius 3 is 2.23 bits per heavy atom. The van der Waals surface area contributed by atoms with E-state index in [9.17, 15) is 58.6 Å². The van der Waals surface area contributed by atoms with Crippen LogP contribution >= 0.6 is 0 Å². The van der Waals surface area contributed by atoms with Crippen molar-refractivity contribution in [2.24, 2.45) is 23.7 Å². The van der Waals surface area contributed by atoms with E-state index in [1.54, 1.807) is 6.08 Å². The smallest absolute Gasteiger partial charge is 0.419 e. The van der Waals surface area contributed by atoms with Crippen molar-refractivity contribution in [3.8, 4) is 16.9 Å². The van der Waals surface area contributed by atoms with Gasteiger partial charge in [0.2, 0.25) is 11.8 Å². The Bertz CT molecular complexity index is 1920. The molecule has 6 nitrogen and oxygen atoms in total. The molecule has 52 heavy (non-hydrogen) atoms. The Balaban J connectivity index is 1.33. The number of hydrogen-bond acceptors (Lipinski definition) is 4. The molecule has 0 aromatic heterocycles. The summed E-state index contributed by atoms with van der Waals surface area (Å²) in [5.41, 5.74) is -2.67. The topological polar surface area (TPSA) is 87.7 Å². The summed E-state index contributed by atoms with van der Waals surface area (Å²) in [6.07, 6.45) is -11.4. The van der Waals surface area contributed by atoms with Crippen molar-refractivity contribution in [1.82, 2.24) is 5.32 Å². The number of ether oxygens (including phenoxy) is 1. The summed E-state index contributed by atoms with van der Waals surface area (Å²) in [4.78, 5) is 27.7. The number of allylic oxidation sites excluding steroid dienone is 1. The van der Waals surface area contributed by atoms with Crippen LogP contribution in [0.25, 0.3) is 11.1 Å². The van der Waals surface area contributed by atoms with Crippen molar-refractivity contribution in [1.29, 1.82) is 0 Å². The van der Waals surface area contributed by atoms with E-state index in [0.717, 1.165) is 30.3 Å². The lowest BCUT2D eigenvalue weighted by Crippen LogP contribution is -2.48. The minimum atomic E-state index is -5.07. The predicted octanol–water partition coefficient (Wildman–Crippen LogP) is 8.62. The molecule has 3 aliphatic carbocycles. The van der Waals surface area contributed by atoms with E-state index >= 15 is 0 Å². The number of alkyl halides is 8. The van der Waals surface area contributed by atoms with Crippen LogP contribution in [-0.4, -0.2) is 42.2 Å². The standard InChI is InChI=1S/C36H30F10N2O4/c1-52-28-9-3-17(22-12-18(2-7-26(22)37)31(49)36(44,45)46)11-24(28)32(50)48-30-21-6-5-20(23(21)10-16-14-34(39,40)15-16)29(30)33(51)47-19-4-8-27(38)25(13-19)35(41,42)43/h2-4,7-13,16,20-21,29-31,49H,5-6,14-15H2,1H3,(H,47,51)(H,48,50)/b23-10-/t20?,21?,29-,30?,31-/m0/s1. The van der Waals surface area contributed by atoms with Gasteiger partial charge in [-0.05, 0) is 78.3 Å². The molecule has 0 saturated heterocycles. The summed E-state index contributed by atoms with van der Waals surface area (Å²) in [5.74, 6) is -9.84. The summed E-state index contributed by atoms with van der Waals surface area (Å²) in [5, 5.41) is 14.9. The van der Waals surface area contributed by atoms with Crippen LogP contribution in [0.15, 0.2) is 66.2 Å². The molecule has 0 spiro atoms. The number of fused-ring (bicyclic) bond motifs is 2. The van der Waals surface area contributed by atoms with Gasteiger partial charge in [0.05, 0.1) is 24.2 Å². The van der Waals surface area contributed by atoms with Gasteiger partial charge in [-0.2, -0.15) is 26.3 Å². The zero-order chi connectivity index (χ0) is 37.9. The number of amides is 2. The SMILES string of the molecule is COc1ccc(-c2cc([C@H](O)C(F)(F)F)ccc2F)cc1C(=O)NC1C2CCC(/C2=C/C2CC(F)(F)C2)[C@@H]1C(=O)Nc1ccc(F)c(C(F)(F)F)c1. The second kappa shape index (κ2) is 13.4. The second-order valence-corrected chi connectivity index (χ2v) is 13.3. The van der Waals surface area contributed by atoms with E-state index in [4.69, 9.17) is 4.74 Å². The van der Waals surface area contributed by atoms with E-state index < -0.39 is 102 Å². The van der Waals surface area contributed by atoms with Crippen molar-refractivity contribution < 1.29 is 63.3 Å². The van der Waals surface area contributed by atoms with Gasteiger partial charge in [-0.1, -0.05) is 23.8 Å². The lowest BCUT2D eigenvalue weighted by molar-refractivity contribution is -0.206. The van der Waals surface area contributed by atoms with Gasteiger partial charge >= 0.3 is 12.4 Å². The molecule has 3 fully saturated rings. The van der Waals surface area contributed by atoms with E-state index in [1.807, 2.05) is 0 Å². The third-order valence-corrected chi connectivity index (χ3v) is 9.96. The first kappa shape index (κ1) is 37.2. The number of halogens is 10. The normalized spacial score (nSPS) is 24.0. The first-order chi connectivity index (χ1) is 24.3. The van der Waals surface area contributed by atoms with Gasteiger partial charge in [-0.25, -0.2) is 17.6 Å². The summed E-state index contributed by atoms with van der Waals surface area (Å²) < 4.78 is 141. The van der Waals surface area contributed by atoms with Crippen LogP contribution in [0.3, 0.4) is 0 Å². The molecular weight excluding hydrogens is 714 g/mol. The van der Waals surface area contributed by atoms with Crippen LogP contribution in [-0.2, 0) is 11.0 Å². The van der Waals surface area contributed by atoms with Crippen LogP contribution in [0, 0.1) is 35.3 Å². The van der Waals surface area contributed by atoms with E-state index in [0.29, 0.717) is 30.5 Å². The lowest BCUT2D eigenvalue weighted by atomic mass is 9.79. The molecule has 278 valence electrons. The number of methoxy groups -OCH3 is 1. The predicted molar refractivity (Wildman–Crippen MR) is 166 cm³/mol. The highest BCUT2D eigenvalue weighted by Gasteiger charge is 2.56. The van der Waals surface area contributed by atoms with Crippen LogP contribution in [0.5, 0.6) is 5.75 Å². The molecule has 3 N–H and O–H groups in total. The highest BCUT2D eigenvalue weighted by atomic mass is 19.4. The summed E-state index contributed by atoms with van der Waals surface area (Å²) >= 11 is 0. The van der Waals surface area contributed by atoms with Crippen LogP contribution < -0.4 is 15.4 Å². The number of carbonyl (C=O) groups excluding carboxylic acids is 2. The number of anilines is 1. The number of aliphatic hydroxyl groups excluding tert-OH is 1. The minimum absolute atomic E-state index is 0.0456. The first-order valence-electron chi connectivity index (χ1n) is 16.1. The third-order valence-electron chi connectivity index (χ3n) is 9.96. The van der Waals surface area contributed by atoms with Crippen molar-refractivity contribution in [3.63, 3.8) is 0 Å². The molecule has 16 heteroatoms. The fourth-order valence-corrected chi connectivity index (χ4v) is 7.57. The molecule has 0 aliphatic heterocycles. The van der Waals surface area contributed by atoms with Gasteiger partial charge in [-0.3, -0.25) is 9.59 Å². The lowest BCUT2D eigenvalue weighted by Gasteiger charge is -2.33. The molecule has 5 atom stereocenters. The van der Waals surface area contributed by atoms with Crippen LogP contribution in [0.4, 0.5) is 49.6 Å². The molecule has 3 aliphatic rings. The molecule has 0 radical (unpaired) electrons. The Hall–Kier alpha value is -4.60. The van der Waals surface area contributed by atoms with Gasteiger partial charge in [0.15, 0.2) is 6.10 Å². The Kier molecular flexibility index (Phi) is 9.60. The van der Waals surface area contributed by atoms with Gasteiger partial charge in [0, 0.05) is 36.1 Å². The maximum absolute atomic E-state index is 14.9. The number of carbonyl (C=O) groups is 2. The maximum Gasteiger partial charge on any atom is 0.419 e. The van der Waals surface area contributed by atoms with Crippen LogP contribution in [0.2, 0.25) is 0 Å². The molecular formula is C36H30F10N2O4. The number of benzene rings is 3. The largest absolute Gasteiger partial charge is 0.496 e. The van der Waals surface area contributed by atoms with Gasteiger partial charge in [0.1, 0.15) is 17.4 Å². The average Bonchev–Trinajstić information content (AvgIpc) is 3.57. The highest BCUT2D eigenvalue weighted by molar-refractivity contribution is 6.00. The Morgan fingerprint density at radius 1 is 0.923 bits per heavy atom. The molecule has 3 aromatic rings. The molecule has 2 bridgehead atoms. The molecule has 3 saturated carbocycles. The van der Waals surface area contributed by atoms with Crippen LogP contribution in [0.1, 0.15) is 53.3 Å². The van der Waals surface area contributed by atoms with Gasteiger partial charge < -0.3 is 20.5 Å². The maximum atomic E-state index is 14.9. The fraction of sp³-hybridized carbons (Fsp3) is 0.389. The highest BCUT2D eigenvalue weighted by Crippen LogP contribution is 2.55. The molecule has 6 rings (SSSR count). The zero-order valence-corrected chi connectivity index (χ0v) is 27.0. The van der Waals surface area contributed by atoms with Crippen molar-refractivity contribution >= 4 is 17.5 Å². The fourth-order valence-electron chi connectivity index (χ4n) is 7.57. The quantitative estimate of drug-likeness (QED) is 0.159. The molecule has 3 aromatic carbocycles. The Morgan fingerprint density at radius 2 is 1.60 bits per heavy atom. The summed E-state index contributed by atoms with van der Waals surface area (Å²) in [6, 6.07) is 6.85. The van der Waals surface area contributed by atoms with Crippen molar-refractivity contribution in [2.75, 3.05) is 12.4 Å². The average molecular weight is 745 g/mol. The number of rotatable bonds is 8. The summed E-state index contributed by atoms with van der Waals surface area (Å²) in [7, 11) is 1.22. The van der Waals surface area contributed by atoms with Crippen molar-refractivity contribution in [2.45, 2.75) is 56.1 Å². The van der Waals surface area contributed by atoms with E-state index in [1.165, 1.54) is 19.2 Å². The third kappa shape index (κ3) is 7.21. The monoisotopic (exact) mass is 744 g/mol. The number of hydrogen-bond donors (Lipinski definition) is 3. The first-order valence-corrected chi connectivity index (χ1v) is 16.1. The molecule has 2 amide bonds. The second-order valence-electron chi connectivity index (χ2n) is 13.3. The number of aliphatic hydroxyl groups is 1. The van der Waals surface area contributed by atoms with E-state index in [2.05, 4.69) is 10.6 Å². The van der Waals surface area contributed by atoms with E-state index in [-0.39, 0.29) is 28.1 Å². The molecule has 0 heterocycles. The zero-order valence-electron chi connectivity index (χ0n) is 27.0. The van der Waals surface area contributed by atoms with Gasteiger partial charge in [0.25, 0.3) is 5.91 Å². The minimum Gasteiger partial charge on any atom is -0.496 e. The number of nitrogens with one attached hydrogen (secondary N) is 2. The molecule has 3 unspecified atom stereocenters. The Labute approximate surface area is 289 Å². The summed E-state index contributed by atoms with van der Waals surface area (Å²) in [6.45, 7) is 0. The van der Waals surface area contributed by atoms with Crippen molar-refractivity contribution in [3.05, 3.63) is 94.6 Å².